The Labute approximate surface area is 116 Å². The average molecular weight is 272 g/mol. The number of amides is 1. The molecule has 20 heavy (non-hydrogen) atoms. The molecule has 0 saturated heterocycles. The van der Waals surface area contributed by atoms with E-state index in [4.69, 9.17) is 5.73 Å². The Kier molecular flexibility index (Phi) is 3.42. The third kappa shape index (κ3) is 2.67. The fourth-order valence-electron chi connectivity index (χ4n) is 2.42. The van der Waals surface area contributed by atoms with Crippen LogP contribution in [0.4, 0.5) is 5.69 Å². The molecule has 1 aliphatic carbocycles. The molecule has 0 aliphatic heterocycles. The number of carbonyl (C=O) groups is 1. The van der Waals surface area contributed by atoms with Crippen molar-refractivity contribution in [3.05, 3.63) is 31.0 Å². The average Bonchev–Trinajstić information content (AvgIpc) is 3.10. The Morgan fingerprint density at radius 3 is 2.90 bits per heavy atom. The minimum Gasteiger partial charge on any atom is -0.328 e. The van der Waals surface area contributed by atoms with Gasteiger partial charge in [-0.1, -0.05) is 0 Å². The van der Waals surface area contributed by atoms with E-state index in [1.165, 1.54) is 6.33 Å². The lowest BCUT2D eigenvalue weighted by atomic mass is 10.1. The first-order valence-electron chi connectivity index (χ1n) is 6.60. The van der Waals surface area contributed by atoms with Gasteiger partial charge in [0.2, 0.25) is 5.91 Å². The zero-order valence-corrected chi connectivity index (χ0v) is 10.9. The van der Waals surface area contributed by atoms with Gasteiger partial charge < -0.3 is 11.1 Å². The quantitative estimate of drug-likeness (QED) is 0.858. The lowest BCUT2D eigenvalue weighted by Crippen LogP contribution is -2.23. The number of nitrogens with zero attached hydrogens (tertiary/aromatic N) is 4. The molecule has 1 saturated carbocycles. The molecule has 2 aromatic heterocycles. The molecule has 7 heteroatoms. The van der Waals surface area contributed by atoms with E-state index in [9.17, 15) is 4.79 Å². The van der Waals surface area contributed by atoms with Crippen LogP contribution in [0.1, 0.15) is 19.3 Å². The molecule has 2 unspecified atom stereocenters. The minimum atomic E-state index is 0.0139. The van der Waals surface area contributed by atoms with Crippen LogP contribution in [0.25, 0.3) is 5.82 Å². The summed E-state index contributed by atoms with van der Waals surface area (Å²) in [7, 11) is 0. The van der Waals surface area contributed by atoms with E-state index in [1.807, 2.05) is 0 Å². The molecule has 0 spiro atoms. The molecule has 2 aromatic rings. The predicted octanol–water partition coefficient (Wildman–Crippen LogP) is 0.728. The highest BCUT2D eigenvalue weighted by Crippen LogP contribution is 2.25. The maximum absolute atomic E-state index is 12.1. The van der Waals surface area contributed by atoms with Crippen LogP contribution in [0, 0.1) is 5.92 Å². The minimum absolute atomic E-state index is 0.0139. The zero-order chi connectivity index (χ0) is 13.9. The van der Waals surface area contributed by atoms with Crippen LogP contribution in [0.3, 0.4) is 0 Å². The number of carbonyl (C=O) groups excluding carboxylic acids is 1. The van der Waals surface area contributed by atoms with E-state index < -0.39 is 0 Å². The molecular formula is C13H16N6O. The number of anilines is 1. The number of rotatable bonds is 3. The summed E-state index contributed by atoms with van der Waals surface area (Å²) in [4.78, 5) is 20.1. The van der Waals surface area contributed by atoms with Crippen molar-refractivity contribution in [3.63, 3.8) is 0 Å². The Balaban J connectivity index is 1.65. The van der Waals surface area contributed by atoms with Crippen LogP contribution in [-0.4, -0.2) is 31.7 Å². The number of pyridine rings is 1. The molecule has 1 aliphatic rings. The summed E-state index contributed by atoms with van der Waals surface area (Å²) in [6.07, 6.45) is 7.17. The molecule has 1 fully saturated rings. The summed E-state index contributed by atoms with van der Waals surface area (Å²) in [6, 6.07) is 3.74. The van der Waals surface area contributed by atoms with Crippen molar-refractivity contribution in [2.75, 3.05) is 5.32 Å². The monoisotopic (exact) mass is 272 g/mol. The molecule has 1 amide bonds. The molecule has 3 N–H and O–H groups in total. The third-order valence-electron chi connectivity index (χ3n) is 3.51. The summed E-state index contributed by atoms with van der Waals surface area (Å²) in [5.41, 5.74) is 6.50. The number of hydrogen-bond donors (Lipinski definition) is 2. The van der Waals surface area contributed by atoms with Gasteiger partial charge in [0.15, 0.2) is 5.82 Å². The van der Waals surface area contributed by atoms with Crippen LogP contribution in [0.5, 0.6) is 0 Å². The van der Waals surface area contributed by atoms with Crippen LogP contribution < -0.4 is 11.1 Å². The standard InChI is InChI=1S/C13H16N6O/c14-10-2-1-9(5-10)13(20)18-11-3-4-12(16-6-11)19-8-15-7-17-19/h3-4,6-10H,1-2,5,14H2,(H,18,20). The first-order valence-corrected chi connectivity index (χ1v) is 6.60. The number of nitrogens with two attached hydrogens (primary N) is 1. The van der Waals surface area contributed by atoms with E-state index in [0.29, 0.717) is 11.5 Å². The van der Waals surface area contributed by atoms with E-state index in [1.54, 1.807) is 29.3 Å². The maximum atomic E-state index is 12.1. The van der Waals surface area contributed by atoms with Crippen molar-refractivity contribution < 1.29 is 4.79 Å². The van der Waals surface area contributed by atoms with Gasteiger partial charge in [0.05, 0.1) is 11.9 Å². The van der Waals surface area contributed by atoms with Crippen molar-refractivity contribution in [1.29, 1.82) is 0 Å². The topological polar surface area (TPSA) is 98.7 Å². The molecule has 0 radical (unpaired) electrons. The number of aromatic nitrogens is 4. The molecule has 2 atom stereocenters. The van der Waals surface area contributed by atoms with Gasteiger partial charge in [-0.2, -0.15) is 5.10 Å². The van der Waals surface area contributed by atoms with Crippen molar-refractivity contribution in [3.8, 4) is 5.82 Å². The highest BCUT2D eigenvalue weighted by atomic mass is 16.1. The molecule has 2 heterocycles. The second kappa shape index (κ2) is 5.38. The summed E-state index contributed by atoms with van der Waals surface area (Å²) >= 11 is 0. The fraction of sp³-hybridized carbons (Fsp3) is 0.385. The van der Waals surface area contributed by atoms with E-state index in [0.717, 1.165) is 19.3 Å². The molecule has 7 nitrogen and oxygen atoms in total. The van der Waals surface area contributed by atoms with Crippen LogP contribution >= 0.6 is 0 Å². The first-order chi connectivity index (χ1) is 9.72. The number of nitrogens with one attached hydrogen (secondary N) is 1. The Morgan fingerprint density at radius 1 is 1.40 bits per heavy atom. The lowest BCUT2D eigenvalue weighted by Gasteiger charge is -2.10. The molecule has 0 aromatic carbocycles. The molecule has 3 rings (SSSR count). The predicted molar refractivity (Wildman–Crippen MR) is 73.1 cm³/mol. The highest BCUT2D eigenvalue weighted by molar-refractivity contribution is 5.92. The summed E-state index contributed by atoms with van der Waals surface area (Å²) < 4.78 is 1.56. The van der Waals surface area contributed by atoms with Gasteiger partial charge >= 0.3 is 0 Å². The fourth-order valence-corrected chi connectivity index (χ4v) is 2.42. The maximum Gasteiger partial charge on any atom is 0.227 e. The van der Waals surface area contributed by atoms with Crippen molar-refractivity contribution in [2.45, 2.75) is 25.3 Å². The van der Waals surface area contributed by atoms with E-state index in [-0.39, 0.29) is 17.9 Å². The van der Waals surface area contributed by atoms with Gasteiger partial charge in [-0.15, -0.1) is 0 Å². The molecular weight excluding hydrogens is 256 g/mol. The zero-order valence-electron chi connectivity index (χ0n) is 10.9. The Bertz CT molecular complexity index is 579. The van der Waals surface area contributed by atoms with Crippen LogP contribution in [-0.2, 0) is 4.79 Å². The van der Waals surface area contributed by atoms with Gasteiger partial charge in [-0.05, 0) is 31.4 Å². The summed E-state index contributed by atoms with van der Waals surface area (Å²) in [5, 5.41) is 6.86. The highest BCUT2D eigenvalue weighted by Gasteiger charge is 2.27. The number of hydrogen-bond acceptors (Lipinski definition) is 5. The SMILES string of the molecule is NC1CCC(C(=O)Nc2ccc(-n3cncn3)nc2)C1. The molecule has 104 valence electrons. The summed E-state index contributed by atoms with van der Waals surface area (Å²) in [5.74, 6) is 0.691. The van der Waals surface area contributed by atoms with Crippen LogP contribution in [0.2, 0.25) is 0 Å². The largest absolute Gasteiger partial charge is 0.328 e. The summed E-state index contributed by atoms with van der Waals surface area (Å²) in [6.45, 7) is 0. The second-order valence-corrected chi connectivity index (χ2v) is 5.00. The first kappa shape index (κ1) is 12.7. The Morgan fingerprint density at radius 2 is 2.30 bits per heavy atom. The molecule has 0 bridgehead atoms. The van der Waals surface area contributed by atoms with Gasteiger partial charge in [-0.3, -0.25) is 4.79 Å². The smallest absolute Gasteiger partial charge is 0.227 e. The van der Waals surface area contributed by atoms with Gasteiger partial charge in [0.1, 0.15) is 12.7 Å². The van der Waals surface area contributed by atoms with Gasteiger partial charge in [0, 0.05) is 12.0 Å². The second-order valence-electron chi connectivity index (χ2n) is 5.00. The van der Waals surface area contributed by atoms with Gasteiger partial charge in [-0.25, -0.2) is 14.6 Å². The van der Waals surface area contributed by atoms with Crippen molar-refractivity contribution in [1.82, 2.24) is 19.7 Å². The normalized spacial score (nSPS) is 21.9. The van der Waals surface area contributed by atoms with Crippen molar-refractivity contribution in [2.24, 2.45) is 11.7 Å². The third-order valence-corrected chi connectivity index (χ3v) is 3.51. The van der Waals surface area contributed by atoms with E-state index in [2.05, 4.69) is 20.4 Å². The van der Waals surface area contributed by atoms with Crippen molar-refractivity contribution >= 4 is 11.6 Å². The van der Waals surface area contributed by atoms with Crippen LogP contribution in [0.15, 0.2) is 31.0 Å². The van der Waals surface area contributed by atoms with E-state index >= 15 is 0 Å². The van der Waals surface area contributed by atoms with Gasteiger partial charge in [0.25, 0.3) is 0 Å². The Hall–Kier alpha value is -2.28. The lowest BCUT2D eigenvalue weighted by molar-refractivity contribution is -0.119.